The standard InChI is InChI=1S/C16H17N5O3/c1-21-9-8-13(20-21)19-14(22)7-6-12-16(24)17-11-5-3-2-4-10(11)15(23)18-12/h2-5,8-9,12H,6-7H2,1H3,(H,17,24)(H,18,23)(H,19,20,22). The molecule has 1 unspecified atom stereocenters. The number of aryl methyl sites for hydroxylation is 1. The van der Waals surface area contributed by atoms with Gasteiger partial charge >= 0.3 is 0 Å². The molecule has 3 rings (SSSR count). The molecule has 1 aliphatic rings. The molecule has 0 bridgehead atoms. The highest BCUT2D eigenvalue weighted by Crippen LogP contribution is 2.19. The lowest BCUT2D eigenvalue weighted by atomic mass is 10.1. The number of nitrogens with zero attached hydrogens (tertiary/aromatic N) is 2. The van der Waals surface area contributed by atoms with Crippen molar-refractivity contribution in [1.82, 2.24) is 15.1 Å². The molecule has 1 atom stereocenters. The van der Waals surface area contributed by atoms with Gasteiger partial charge in [0.25, 0.3) is 5.91 Å². The number of hydrogen-bond donors (Lipinski definition) is 3. The van der Waals surface area contributed by atoms with Crippen molar-refractivity contribution in [2.24, 2.45) is 7.05 Å². The van der Waals surface area contributed by atoms with E-state index in [1.54, 1.807) is 48.3 Å². The molecule has 24 heavy (non-hydrogen) atoms. The van der Waals surface area contributed by atoms with Crippen molar-refractivity contribution in [3.8, 4) is 0 Å². The Hall–Kier alpha value is -3.16. The molecule has 1 aliphatic heterocycles. The zero-order chi connectivity index (χ0) is 17.1. The maximum Gasteiger partial charge on any atom is 0.254 e. The van der Waals surface area contributed by atoms with Gasteiger partial charge in [0, 0.05) is 25.7 Å². The van der Waals surface area contributed by atoms with Crippen LogP contribution in [0, 0.1) is 0 Å². The summed E-state index contributed by atoms with van der Waals surface area (Å²) in [7, 11) is 1.75. The minimum Gasteiger partial charge on any atom is -0.340 e. The minimum atomic E-state index is -0.764. The van der Waals surface area contributed by atoms with Gasteiger partial charge in [-0.1, -0.05) is 12.1 Å². The first-order chi connectivity index (χ1) is 11.5. The van der Waals surface area contributed by atoms with Crippen LogP contribution in [0.25, 0.3) is 0 Å². The van der Waals surface area contributed by atoms with Crippen molar-refractivity contribution in [2.45, 2.75) is 18.9 Å². The van der Waals surface area contributed by atoms with Gasteiger partial charge in [-0.25, -0.2) is 0 Å². The maximum absolute atomic E-state index is 12.2. The molecule has 3 N–H and O–H groups in total. The minimum absolute atomic E-state index is 0.0886. The number of amides is 3. The van der Waals surface area contributed by atoms with Gasteiger partial charge in [-0.05, 0) is 18.6 Å². The second kappa shape index (κ2) is 6.53. The maximum atomic E-state index is 12.2. The number of fused-ring (bicyclic) bond motifs is 1. The molecular weight excluding hydrogens is 310 g/mol. The fraction of sp³-hybridized carbons (Fsp3) is 0.250. The highest BCUT2D eigenvalue weighted by atomic mass is 16.2. The zero-order valence-corrected chi connectivity index (χ0v) is 13.1. The van der Waals surface area contributed by atoms with Crippen molar-refractivity contribution >= 4 is 29.2 Å². The van der Waals surface area contributed by atoms with Crippen LogP contribution >= 0.6 is 0 Å². The molecule has 8 nitrogen and oxygen atoms in total. The fourth-order valence-electron chi connectivity index (χ4n) is 2.48. The number of nitrogens with one attached hydrogen (secondary N) is 3. The third-order valence-corrected chi connectivity index (χ3v) is 3.69. The van der Waals surface area contributed by atoms with E-state index in [2.05, 4.69) is 21.0 Å². The molecule has 0 spiro atoms. The molecular formula is C16H17N5O3. The number of carbonyl (C=O) groups is 3. The first-order valence-corrected chi connectivity index (χ1v) is 7.53. The predicted octanol–water partition coefficient (Wildman–Crippen LogP) is 0.889. The summed E-state index contributed by atoms with van der Waals surface area (Å²) in [6.45, 7) is 0. The van der Waals surface area contributed by atoms with Gasteiger partial charge in [-0.2, -0.15) is 5.10 Å². The molecule has 0 fully saturated rings. The molecule has 8 heteroatoms. The zero-order valence-electron chi connectivity index (χ0n) is 13.1. The molecule has 0 radical (unpaired) electrons. The average molecular weight is 327 g/mol. The Morgan fingerprint density at radius 2 is 2.08 bits per heavy atom. The number of benzene rings is 1. The van der Waals surface area contributed by atoms with E-state index in [9.17, 15) is 14.4 Å². The van der Waals surface area contributed by atoms with Crippen LogP contribution in [0.2, 0.25) is 0 Å². The predicted molar refractivity (Wildman–Crippen MR) is 87.4 cm³/mol. The van der Waals surface area contributed by atoms with Crippen LogP contribution < -0.4 is 16.0 Å². The topological polar surface area (TPSA) is 105 Å². The largest absolute Gasteiger partial charge is 0.340 e. The second-order valence-electron chi connectivity index (χ2n) is 5.52. The summed E-state index contributed by atoms with van der Waals surface area (Å²) in [5, 5.41) is 12.1. The fourth-order valence-corrected chi connectivity index (χ4v) is 2.48. The smallest absolute Gasteiger partial charge is 0.254 e. The number of aromatic nitrogens is 2. The quantitative estimate of drug-likeness (QED) is 0.775. The summed E-state index contributed by atoms with van der Waals surface area (Å²) in [5.41, 5.74) is 0.881. The Morgan fingerprint density at radius 3 is 2.83 bits per heavy atom. The molecule has 2 heterocycles. The van der Waals surface area contributed by atoms with Crippen molar-refractivity contribution in [2.75, 3.05) is 10.6 Å². The van der Waals surface area contributed by atoms with E-state index < -0.39 is 6.04 Å². The monoisotopic (exact) mass is 327 g/mol. The van der Waals surface area contributed by atoms with E-state index in [-0.39, 0.29) is 30.6 Å². The van der Waals surface area contributed by atoms with Gasteiger partial charge in [-0.3, -0.25) is 19.1 Å². The van der Waals surface area contributed by atoms with E-state index in [1.165, 1.54) is 0 Å². The Morgan fingerprint density at radius 1 is 1.29 bits per heavy atom. The summed E-state index contributed by atoms with van der Waals surface area (Å²) >= 11 is 0. The normalized spacial score (nSPS) is 16.6. The van der Waals surface area contributed by atoms with E-state index in [0.29, 0.717) is 17.1 Å². The SMILES string of the molecule is Cn1ccc(NC(=O)CCC2NC(=O)c3ccccc3NC2=O)n1. The third-order valence-electron chi connectivity index (χ3n) is 3.69. The van der Waals surface area contributed by atoms with Gasteiger partial charge in [0.15, 0.2) is 5.82 Å². The molecule has 0 saturated heterocycles. The summed E-state index contributed by atoms with van der Waals surface area (Å²) in [5.74, 6) is -0.486. The molecule has 0 aliphatic carbocycles. The Kier molecular flexibility index (Phi) is 4.28. The lowest BCUT2D eigenvalue weighted by Gasteiger charge is -2.13. The second-order valence-corrected chi connectivity index (χ2v) is 5.52. The van der Waals surface area contributed by atoms with Crippen LogP contribution in [0.4, 0.5) is 11.5 Å². The van der Waals surface area contributed by atoms with E-state index >= 15 is 0 Å². The number of carbonyl (C=O) groups excluding carboxylic acids is 3. The van der Waals surface area contributed by atoms with Crippen LogP contribution in [0.3, 0.4) is 0 Å². The molecule has 3 amide bonds. The first-order valence-electron chi connectivity index (χ1n) is 7.53. The number of rotatable bonds is 4. The summed E-state index contributed by atoms with van der Waals surface area (Å²) in [6, 6.07) is 7.69. The number of hydrogen-bond acceptors (Lipinski definition) is 4. The lowest BCUT2D eigenvalue weighted by Crippen LogP contribution is -2.41. The van der Waals surface area contributed by atoms with Gasteiger partial charge in [0.2, 0.25) is 11.8 Å². The summed E-state index contributed by atoms with van der Waals surface area (Å²) < 4.78 is 1.58. The molecule has 1 aromatic heterocycles. The highest BCUT2D eigenvalue weighted by molar-refractivity contribution is 6.09. The van der Waals surface area contributed by atoms with Gasteiger partial charge in [0.05, 0.1) is 11.3 Å². The molecule has 1 aromatic carbocycles. The molecule has 0 saturated carbocycles. The van der Waals surface area contributed by atoms with E-state index in [4.69, 9.17) is 0 Å². The first kappa shape index (κ1) is 15.7. The third kappa shape index (κ3) is 3.43. The Labute approximate surface area is 138 Å². The van der Waals surface area contributed by atoms with Crippen LogP contribution in [0.15, 0.2) is 36.5 Å². The van der Waals surface area contributed by atoms with Gasteiger partial charge in [0.1, 0.15) is 6.04 Å². The van der Waals surface area contributed by atoms with Gasteiger partial charge < -0.3 is 16.0 Å². The van der Waals surface area contributed by atoms with Crippen LogP contribution in [0.1, 0.15) is 23.2 Å². The molecule has 2 aromatic rings. The van der Waals surface area contributed by atoms with Gasteiger partial charge in [-0.15, -0.1) is 0 Å². The lowest BCUT2D eigenvalue weighted by molar-refractivity contribution is -0.118. The van der Waals surface area contributed by atoms with Crippen molar-refractivity contribution in [3.63, 3.8) is 0 Å². The Balaban J connectivity index is 1.60. The van der Waals surface area contributed by atoms with E-state index in [0.717, 1.165) is 0 Å². The molecule has 124 valence electrons. The van der Waals surface area contributed by atoms with Crippen LogP contribution in [0.5, 0.6) is 0 Å². The average Bonchev–Trinajstić information content (AvgIpc) is 2.91. The highest BCUT2D eigenvalue weighted by Gasteiger charge is 2.27. The number of para-hydroxylation sites is 1. The summed E-state index contributed by atoms with van der Waals surface area (Å²) in [6.07, 6.45) is 2.00. The van der Waals surface area contributed by atoms with Crippen LogP contribution in [-0.2, 0) is 16.6 Å². The summed E-state index contributed by atoms with van der Waals surface area (Å²) in [4.78, 5) is 36.4. The number of anilines is 2. The van der Waals surface area contributed by atoms with E-state index in [1.807, 2.05) is 0 Å². The van der Waals surface area contributed by atoms with Crippen molar-refractivity contribution < 1.29 is 14.4 Å². The Bertz CT molecular complexity index is 799. The van der Waals surface area contributed by atoms with Crippen molar-refractivity contribution in [3.05, 3.63) is 42.1 Å². The van der Waals surface area contributed by atoms with Crippen LogP contribution in [-0.4, -0.2) is 33.5 Å². The van der Waals surface area contributed by atoms with Crippen molar-refractivity contribution in [1.29, 1.82) is 0 Å².